The van der Waals surface area contributed by atoms with Crippen LogP contribution in [0.5, 0.6) is 23.1 Å². The van der Waals surface area contributed by atoms with Crippen molar-refractivity contribution in [3.8, 4) is 23.1 Å². The van der Waals surface area contributed by atoms with E-state index in [-0.39, 0.29) is 11.5 Å². The van der Waals surface area contributed by atoms with Crippen LogP contribution in [-0.4, -0.2) is 23.2 Å². The Morgan fingerprint density at radius 2 is 1.70 bits per heavy atom. The number of nitrogens with zero attached hydrogens (tertiary/aromatic N) is 1. The zero-order chi connectivity index (χ0) is 19.1. The van der Waals surface area contributed by atoms with Gasteiger partial charge in [-0.25, -0.2) is 9.78 Å². The second-order valence-corrected chi connectivity index (χ2v) is 5.42. The quantitative estimate of drug-likeness (QED) is 0.483. The summed E-state index contributed by atoms with van der Waals surface area (Å²) in [6.45, 7) is 0. The number of carbonyl (C=O) groups is 1. The molecule has 0 aliphatic rings. The number of benzene rings is 2. The fourth-order valence-electron chi connectivity index (χ4n) is 2.37. The Kier molecular flexibility index (Phi) is 5.69. The number of methoxy groups -OCH3 is 1. The standard InChI is InChI=1S/C21H17NO5/c1-25-14-18(21(23)24)17-9-5-6-10-19(17)27-20-13-16(11-12-22-20)26-15-7-3-2-4-8-15/h2-14H,1H3,(H,23,24). The summed E-state index contributed by atoms with van der Waals surface area (Å²) in [6.07, 6.45) is 2.71. The minimum atomic E-state index is -1.12. The van der Waals surface area contributed by atoms with Gasteiger partial charge in [0.05, 0.1) is 13.4 Å². The number of rotatable bonds is 7. The summed E-state index contributed by atoms with van der Waals surface area (Å²) in [6, 6.07) is 19.4. The highest BCUT2D eigenvalue weighted by molar-refractivity contribution is 6.15. The van der Waals surface area contributed by atoms with Gasteiger partial charge < -0.3 is 19.3 Å². The first kappa shape index (κ1) is 18.0. The van der Waals surface area contributed by atoms with E-state index in [1.807, 2.05) is 30.3 Å². The van der Waals surface area contributed by atoms with Crippen LogP contribution in [0.2, 0.25) is 0 Å². The van der Waals surface area contributed by atoms with Gasteiger partial charge >= 0.3 is 5.97 Å². The highest BCUT2D eigenvalue weighted by Gasteiger charge is 2.17. The van der Waals surface area contributed by atoms with Gasteiger partial charge in [0.1, 0.15) is 22.8 Å². The van der Waals surface area contributed by atoms with Gasteiger partial charge in [0.15, 0.2) is 0 Å². The average Bonchev–Trinajstić information content (AvgIpc) is 2.68. The monoisotopic (exact) mass is 363 g/mol. The average molecular weight is 363 g/mol. The van der Waals surface area contributed by atoms with Crippen molar-refractivity contribution < 1.29 is 24.1 Å². The lowest BCUT2D eigenvalue weighted by atomic mass is 10.1. The van der Waals surface area contributed by atoms with Crippen LogP contribution < -0.4 is 9.47 Å². The molecule has 0 saturated carbocycles. The van der Waals surface area contributed by atoms with Crippen LogP contribution in [0.1, 0.15) is 5.56 Å². The third-order valence-corrected chi connectivity index (χ3v) is 3.54. The van der Waals surface area contributed by atoms with Gasteiger partial charge in [-0.05, 0) is 24.3 Å². The van der Waals surface area contributed by atoms with E-state index < -0.39 is 5.97 Å². The van der Waals surface area contributed by atoms with Crippen molar-refractivity contribution in [3.63, 3.8) is 0 Å². The minimum absolute atomic E-state index is 0.0233. The first-order chi connectivity index (χ1) is 13.2. The molecule has 2 aromatic carbocycles. The van der Waals surface area contributed by atoms with Crippen LogP contribution in [0.3, 0.4) is 0 Å². The summed E-state index contributed by atoms with van der Waals surface area (Å²) in [7, 11) is 1.39. The molecule has 27 heavy (non-hydrogen) atoms. The molecular weight excluding hydrogens is 346 g/mol. The van der Waals surface area contributed by atoms with Crippen molar-refractivity contribution >= 4 is 11.5 Å². The second-order valence-electron chi connectivity index (χ2n) is 5.42. The largest absolute Gasteiger partial charge is 0.503 e. The molecule has 136 valence electrons. The molecule has 3 aromatic rings. The van der Waals surface area contributed by atoms with Gasteiger partial charge in [0, 0.05) is 17.8 Å². The van der Waals surface area contributed by atoms with Crippen molar-refractivity contribution in [3.05, 3.63) is 84.8 Å². The van der Waals surface area contributed by atoms with Gasteiger partial charge in [0.2, 0.25) is 5.88 Å². The van der Waals surface area contributed by atoms with Crippen LogP contribution in [0, 0.1) is 0 Å². The summed E-state index contributed by atoms with van der Waals surface area (Å²) in [5.74, 6) is 0.730. The second kappa shape index (κ2) is 8.53. The minimum Gasteiger partial charge on any atom is -0.503 e. The molecule has 0 fully saturated rings. The molecule has 6 heteroatoms. The summed E-state index contributed by atoms with van der Waals surface area (Å²) in [5, 5.41) is 9.42. The molecule has 6 nitrogen and oxygen atoms in total. The van der Waals surface area contributed by atoms with Crippen molar-refractivity contribution in [2.24, 2.45) is 0 Å². The van der Waals surface area contributed by atoms with E-state index in [1.54, 1.807) is 42.6 Å². The molecule has 0 aliphatic heterocycles. The predicted molar refractivity (Wildman–Crippen MR) is 99.9 cm³/mol. The van der Waals surface area contributed by atoms with Crippen molar-refractivity contribution in [1.29, 1.82) is 0 Å². The maximum absolute atomic E-state index is 11.5. The number of carboxylic acids is 1. The number of carboxylic acid groups (broad SMARTS) is 1. The van der Waals surface area contributed by atoms with Gasteiger partial charge in [-0.3, -0.25) is 0 Å². The van der Waals surface area contributed by atoms with E-state index in [0.29, 0.717) is 22.8 Å². The number of hydrogen-bond donors (Lipinski definition) is 1. The fourth-order valence-corrected chi connectivity index (χ4v) is 2.37. The molecular formula is C21H17NO5. The van der Waals surface area contributed by atoms with Crippen LogP contribution in [-0.2, 0) is 9.53 Å². The van der Waals surface area contributed by atoms with Gasteiger partial charge in [-0.2, -0.15) is 0 Å². The molecule has 0 spiro atoms. The summed E-state index contributed by atoms with van der Waals surface area (Å²) in [4.78, 5) is 15.7. The topological polar surface area (TPSA) is 77.9 Å². The molecule has 0 atom stereocenters. The van der Waals surface area contributed by atoms with E-state index >= 15 is 0 Å². The highest BCUT2D eigenvalue weighted by Crippen LogP contribution is 2.31. The van der Waals surface area contributed by atoms with Gasteiger partial charge in [-0.15, -0.1) is 0 Å². The maximum atomic E-state index is 11.5. The first-order valence-corrected chi connectivity index (χ1v) is 8.10. The SMILES string of the molecule is COC=C(C(=O)O)c1ccccc1Oc1cc(Oc2ccccc2)ccn1. The van der Waals surface area contributed by atoms with E-state index in [4.69, 9.17) is 14.2 Å². The number of aromatic nitrogens is 1. The summed E-state index contributed by atoms with van der Waals surface area (Å²) >= 11 is 0. The Balaban J connectivity index is 1.87. The van der Waals surface area contributed by atoms with E-state index in [9.17, 15) is 9.90 Å². The number of hydrogen-bond acceptors (Lipinski definition) is 5. The van der Waals surface area contributed by atoms with Crippen LogP contribution in [0.25, 0.3) is 5.57 Å². The Hall–Kier alpha value is -3.80. The molecule has 1 heterocycles. The lowest BCUT2D eigenvalue weighted by molar-refractivity contribution is -0.130. The zero-order valence-corrected chi connectivity index (χ0v) is 14.5. The Labute approximate surface area is 156 Å². The summed E-state index contributed by atoms with van der Waals surface area (Å²) in [5.41, 5.74) is 0.354. The molecule has 0 bridgehead atoms. The molecule has 1 N–H and O–H groups in total. The predicted octanol–water partition coefficient (Wildman–Crippen LogP) is 4.74. The number of aliphatic carboxylic acids is 1. The van der Waals surface area contributed by atoms with E-state index in [0.717, 1.165) is 6.26 Å². The third kappa shape index (κ3) is 4.64. The molecule has 0 amide bonds. The van der Waals surface area contributed by atoms with Crippen molar-refractivity contribution in [2.75, 3.05) is 7.11 Å². The van der Waals surface area contributed by atoms with E-state index in [1.165, 1.54) is 7.11 Å². The zero-order valence-electron chi connectivity index (χ0n) is 14.5. The third-order valence-electron chi connectivity index (χ3n) is 3.54. The molecule has 0 radical (unpaired) electrons. The van der Waals surface area contributed by atoms with Crippen molar-refractivity contribution in [2.45, 2.75) is 0 Å². The lowest BCUT2D eigenvalue weighted by Gasteiger charge is -2.12. The number of ether oxygens (including phenoxy) is 3. The Morgan fingerprint density at radius 1 is 0.963 bits per heavy atom. The van der Waals surface area contributed by atoms with Crippen LogP contribution >= 0.6 is 0 Å². The van der Waals surface area contributed by atoms with Crippen molar-refractivity contribution in [1.82, 2.24) is 4.98 Å². The normalized spacial score (nSPS) is 10.9. The molecule has 0 unspecified atom stereocenters. The maximum Gasteiger partial charge on any atom is 0.339 e. The summed E-state index contributed by atoms with van der Waals surface area (Å²) < 4.78 is 16.5. The van der Waals surface area contributed by atoms with Crippen LogP contribution in [0.15, 0.2) is 79.2 Å². The van der Waals surface area contributed by atoms with Crippen LogP contribution in [0.4, 0.5) is 0 Å². The first-order valence-electron chi connectivity index (χ1n) is 8.10. The number of para-hydroxylation sites is 2. The molecule has 0 aliphatic carbocycles. The molecule has 3 rings (SSSR count). The fraction of sp³-hybridized carbons (Fsp3) is 0.0476. The lowest BCUT2D eigenvalue weighted by Crippen LogP contribution is -2.02. The van der Waals surface area contributed by atoms with Gasteiger partial charge in [0.25, 0.3) is 0 Å². The highest BCUT2D eigenvalue weighted by atomic mass is 16.5. The van der Waals surface area contributed by atoms with E-state index in [2.05, 4.69) is 4.98 Å². The number of pyridine rings is 1. The Morgan fingerprint density at radius 3 is 2.44 bits per heavy atom. The Bertz CT molecular complexity index is 954. The molecule has 0 saturated heterocycles. The molecule has 1 aromatic heterocycles. The smallest absolute Gasteiger partial charge is 0.339 e. The van der Waals surface area contributed by atoms with Gasteiger partial charge in [-0.1, -0.05) is 36.4 Å².